The maximum absolute atomic E-state index is 13.6. The fourth-order valence-corrected chi connectivity index (χ4v) is 4.82. The van der Waals surface area contributed by atoms with Gasteiger partial charge in [0.05, 0.1) is 6.54 Å². The molecule has 0 spiro atoms. The maximum Gasteiger partial charge on any atom is 0.322 e. The number of aryl methyl sites for hydroxylation is 3. The molecule has 3 aromatic rings. The molecule has 0 aliphatic heterocycles. The number of amides is 3. The SMILES string of the molecule is Cc1ccc(CN(Cc2ccccc2)C(=O)CN(CC(C)C)C(=O)Nc2c(C)cccc2C)s1. The van der Waals surface area contributed by atoms with E-state index < -0.39 is 0 Å². The Morgan fingerprint density at radius 2 is 1.53 bits per heavy atom. The van der Waals surface area contributed by atoms with Gasteiger partial charge in [-0.1, -0.05) is 62.4 Å². The summed E-state index contributed by atoms with van der Waals surface area (Å²) in [4.78, 5) is 32.7. The average Bonchev–Trinajstić information content (AvgIpc) is 3.20. The molecule has 1 aromatic heterocycles. The van der Waals surface area contributed by atoms with Gasteiger partial charge >= 0.3 is 6.03 Å². The number of carbonyl (C=O) groups is 2. The maximum atomic E-state index is 13.6. The van der Waals surface area contributed by atoms with Crippen molar-refractivity contribution in [3.8, 4) is 0 Å². The first kappa shape index (κ1) is 25.5. The summed E-state index contributed by atoms with van der Waals surface area (Å²) < 4.78 is 0. The van der Waals surface area contributed by atoms with Gasteiger partial charge in [0.25, 0.3) is 0 Å². The molecule has 34 heavy (non-hydrogen) atoms. The van der Waals surface area contributed by atoms with E-state index in [0.717, 1.165) is 27.3 Å². The first-order valence-electron chi connectivity index (χ1n) is 11.7. The van der Waals surface area contributed by atoms with E-state index in [2.05, 4.69) is 38.2 Å². The third-order valence-corrected chi connectivity index (χ3v) is 6.61. The second-order valence-corrected chi connectivity index (χ2v) is 10.6. The van der Waals surface area contributed by atoms with Crippen LogP contribution < -0.4 is 5.32 Å². The van der Waals surface area contributed by atoms with Crippen LogP contribution in [0.3, 0.4) is 0 Å². The molecule has 3 amide bonds. The lowest BCUT2D eigenvalue weighted by Gasteiger charge is -2.29. The van der Waals surface area contributed by atoms with Crippen molar-refractivity contribution < 1.29 is 9.59 Å². The molecule has 0 aliphatic rings. The molecule has 180 valence electrons. The number of thiophene rings is 1. The van der Waals surface area contributed by atoms with Crippen LogP contribution in [-0.2, 0) is 17.9 Å². The van der Waals surface area contributed by atoms with Crippen LogP contribution in [0.25, 0.3) is 0 Å². The number of hydrogen-bond acceptors (Lipinski definition) is 3. The largest absolute Gasteiger partial charge is 0.332 e. The lowest BCUT2D eigenvalue weighted by Crippen LogP contribution is -2.45. The molecule has 0 saturated carbocycles. The zero-order chi connectivity index (χ0) is 24.7. The molecule has 0 bridgehead atoms. The summed E-state index contributed by atoms with van der Waals surface area (Å²) in [6, 6.07) is 19.8. The Balaban J connectivity index is 1.79. The molecule has 0 fully saturated rings. The number of anilines is 1. The third-order valence-electron chi connectivity index (χ3n) is 5.62. The molecule has 2 aromatic carbocycles. The molecule has 0 unspecified atom stereocenters. The van der Waals surface area contributed by atoms with Crippen molar-refractivity contribution in [2.24, 2.45) is 5.92 Å². The summed E-state index contributed by atoms with van der Waals surface area (Å²) in [6.45, 7) is 11.7. The quantitative estimate of drug-likeness (QED) is 0.388. The zero-order valence-corrected chi connectivity index (χ0v) is 21.6. The Morgan fingerprint density at radius 1 is 0.853 bits per heavy atom. The highest BCUT2D eigenvalue weighted by molar-refractivity contribution is 7.11. The minimum atomic E-state index is -0.244. The molecule has 3 rings (SSSR count). The third kappa shape index (κ3) is 7.19. The van der Waals surface area contributed by atoms with Crippen LogP contribution in [0.15, 0.2) is 60.7 Å². The fraction of sp³-hybridized carbons (Fsp3) is 0.357. The van der Waals surface area contributed by atoms with Gasteiger partial charge in [-0.15, -0.1) is 11.3 Å². The van der Waals surface area contributed by atoms with Gasteiger partial charge in [-0.2, -0.15) is 0 Å². The minimum absolute atomic E-state index is 0.0339. The predicted molar refractivity (Wildman–Crippen MR) is 141 cm³/mol. The Labute approximate surface area is 207 Å². The summed E-state index contributed by atoms with van der Waals surface area (Å²) in [6.07, 6.45) is 0. The molecule has 0 radical (unpaired) electrons. The second-order valence-electron chi connectivity index (χ2n) is 9.22. The highest BCUT2D eigenvalue weighted by atomic mass is 32.1. The van der Waals surface area contributed by atoms with E-state index in [4.69, 9.17) is 0 Å². The molecule has 1 N–H and O–H groups in total. The Hall–Kier alpha value is -3.12. The topological polar surface area (TPSA) is 52.7 Å². The van der Waals surface area contributed by atoms with Crippen LogP contribution in [-0.4, -0.2) is 34.8 Å². The minimum Gasteiger partial charge on any atom is -0.332 e. The van der Waals surface area contributed by atoms with Gasteiger partial charge in [0.1, 0.15) is 6.54 Å². The summed E-state index contributed by atoms with van der Waals surface area (Å²) in [7, 11) is 0. The van der Waals surface area contributed by atoms with Gasteiger partial charge in [0.2, 0.25) is 5.91 Å². The van der Waals surface area contributed by atoms with Crippen molar-refractivity contribution in [3.05, 3.63) is 87.1 Å². The number of rotatable bonds is 9. The van der Waals surface area contributed by atoms with E-state index in [1.807, 2.05) is 67.3 Å². The van der Waals surface area contributed by atoms with Crippen LogP contribution >= 0.6 is 11.3 Å². The highest BCUT2D eigenvalue weighted by Crippen LogP contribution is 2.21. The van der Waals surface area contributed by atoms with E-state index in [1.54, 1.807) is 16.2 Å². The van der Waals surface area contributed by atoms with Gasteiger partial charge in [-0.3, -0.25) is 4.79 Å². The van der Waals surface area contributed by atoms with Crippen molar-refractivity contribution in [1.29, 1.82) is 0 Å². The van der Waals surface area contributed by atoms with Gasteiger partial charge in [-0.05, 0) is 55.5 Å². The van der Waals surface area contributed by atoms with E-state index in [9.17, 15) is 9.59 Å². The zero-order valence-electron chi connectivity index (χ0n) is 20.8. The van der Waals surface area contributed by atoms with Gasteiger partial charge in [0.15, 0.2) is 0 Å². The molecular weight excluding hydrogens is 442 g/mol. The van der Waals surface area contributed by atoms with Crippen LogP contribution in [0, 0.1) is 26.7 Å². The normalized spacial score (nSPS) is 10.9. The Bertz CT molecular complexity index is 1090. The molecular formula is C28H35N3O2S. The van der Waals surface area contributed by atoms with Crippen LogP contribution in [0.2, 0.25) is 0 Å². The monoisotopic (exact) mass is 477 g/mol. The lowest BCUT2D eigenvalue weighted by molar-refractivity contribution is -0.133. The second kappa shape index (κ2) is 11.8. The Kier molecular flexibility index (Phi) is 8.88. The van der Waals surface area contributed by atoms with Crippen LogP contribution in [0.4, 0.5) is 10.5 Å². The fourth-order valence-electron chi connectivity index (χ4n) is 3.92. The number of para-hydroxylation sites is 1. The van der Waals surface area contributed by atoms with Crippen LogP contribution in [0.5, 0.6) is 0 Å². The molecule has 1 heterocycles. The van der Waals surface area contributed by atoms with Crippen molar-refractivity contribution in [3.63, 3.8) is 0 Å². The first-order chi connectivity index (χ1) is 16.2. The molecule has 5 nitrogen and oxygen atoms in total. The highest BCUT2D eigenvalue weighted by Gasteiger charge is 2.23. The number of hydrogen-bond donors (Lipinski definition) is 1. The number of benzene rings is 2. The summed E-state index contributed by atoms with van der Waals surface area (Å²) >= 11 is 1.70. The molecule has 0 aliphatic carbocycles. The van der Waals surface area contributed by atoms with E-state index in [1.165, 1.54) is 4.88 Å². The van der Waals surface area contributed by atoms with Crippen molar-refractivity contribution >= 4 is 29.0 Å². The van der Waals surface area contributed by atoms with E-state index in [-0.39, 0.29) is 24.4 Å². The smallest absolute Gasteiger partial charge is 0.322 e. The number of nitrogens with one attached hydrogen (secondary N) is 1. The summed E-state index contributed by atoms with van der Waals surface area (Å²) in [5.74, 6) is 0.172. The van der Waals surface area contributed by atoms with Crippen molar-refractivity contribution in [1.82, 2.24) is 9.80 Å². The predicted octanol–water partition coefficient (Wildman–Crippen LogP) is 6.39. The van der Waals surface area contributed by atoms with Crippen molar-refractivity contribution in [2.75, 3.05) is 18.4 Å². The van der Waals surface area contributed by atoms with Gasteiger partial charge in [0, 0.05) is 28.5 Å². The number of nitrogens with zero attached hydrogens (tertiary/aromatic N) is 2. The standard InChI is InChI=1S/C28H35N3O2S/c1-20(2)16-31(28(33)29-27-21(3)10-9-11-22(27)4)19-26(32)30(17-24-12-7-6-8-13-24)18-25-15-14-23(5)34-25/h6-15,20H,16-19H2,1-5H3,(H,29,33). The Morgan fingerprint density at radius 3 is 2.12 bits per heavy atom. The van der Waals surface area contributed by atoms with Crippen molar-refractivity contribution in [2.45, 2.75) is 47.7 Å². The molecule has 0 saturated heterocycles. The first-order valence-corrected chi connectivity index (χ1v) is 12.5. The van der Waals surface area contributed by atoms with E-state index >= 15 is 0 Å². The number of carbonyl (C=O) groups excluding carboxylic acids is 2. The molecule has 6 heteroatoms. The molecule has 0 atom stereocenters. The lowest BCUT2D eigenvalue weighted by atomic mass is 10.1. The van der Waals surface area contributed by atoms with Crippen LogP contribution in [0.1, 0.15) is 40.3 Å². The number of urea groups is 1. The summed E-state index contributed by atoms with van der Waals surface area (Å²) in [5.41, 5.74) is 3.88. The van der Waals surface area contributed by atoms with Gasteiger partial charge < -0.3 is 15.1 Å². The summed E-state index contributed by atoms with van der Waals surface area (Å²) in [5, 5.41) is 3.05. The average molecular weight is 478 g/mol. The van der Waals surface area contributed by atoms with E-state index in [0.29, 0.717) is 19.6 Å². The van der Waals surface area contributed by atoms with Gasteiger partial charge in [-0.25, -0.2) is 4.79 Å².